The van der Waals surface area contributed by atoms with Crippen LogP contribution < -0.4 is 11.1 Å². The first-order valence-electron chi connectivity index (χ1n) is 7.89. The lowest BCUT2D eigenvalue weighted by atomic mass is 9.64. The van der Waals surface area contributed by atoms with E-state index in [0.29, 0.717) is 11.8 Å². The van der Waals surface area contributed by atoms with Crippen molar-refractivity contribution in [2.75, 3.05) is 6.54 Å². The maximum Gasteiger partial charge on any atom is 0.248 e. The highest BCUT2D eigenvalue weighted by Crippen LogP contribution is 2.48. The van der Waals surface area contributed by atoms with Crippen LogP contribution in [0.15, 0.2) is 34.9 Å². The summed E-state index contributed by atoms with van der Waals surface area (Å²) in [4.78, 5) is 11.6. The van der Waals surface area contributed by atoms with Gasteiger partial charge in [0.2, 0.25) is 5.91 Å². The van der Waals surface area contributed by atoms with Gasteiger partial charge in [0.25, 0.3) is 0 Å². The number of primary amides is 1. The van der Waals surface area contributed by atoms with Crippen LogP contribution in [0.5, 0.6) is 0 Å². The lowest BCUT2D eigenvalue weighted by Gasteiger charge is -2.42. The predicted molar refractivity (Wildman–Crippen MR) is 78.8 cm³/mol. The molecule has 3 N–H and O–H groups in total. The van der Waals surface area contributed by atoms with Crippen molar-refractivity contribution in [3.63, 3.8) is 0 Å². The fraction of sp³-hybridized carbons (Fsp3) is 0.588. The lowest BCUT2D eigenvalue weighted by molar-refractivity contribution is -0.114. The Labute approximate surface area is 120 Å². The van der Waals surface area contributed by atoms with Gasteiger partial charge in [-0.3, -0.25) is 4.79 Å². The van der Waals surface area contributed by atoms with Gasteiger partial charge in [0.1, 0.15) is 0 Å². The van der Waals surface area contributed by atoms with Gasteiger partial charge in [0.05, 0.1) is 0 Å². The van der Waals surface area contributed by atoms with Crippen molar-refractivity contribution in [1.82, 2.24) is 5.32 Å². The molecule has 4 atom stereocenters. The minimum atomic E-state index is -0.267. The van der Waals surface area contributed by atoms with E-state index in [2.05, 4.69) is 17.5 Å². The van der Waals surface area contributed by atoms with E-state index in [1.54, 1.807) is 0 Å². The fourth-order valence-electron chi connectivity index (χ4n) is 4.78. The Hall–Kier alpha value is -1.35. The van der Waals surface area contributed by atoms with Gasteiger partial charge in [-0.2, -0.15) is 0 Å². The van der Waals surface area contributed by atoms with Crippen LogP contribution in [0.4, 0.5) is 0 Å². The first-order valence-corrected chi connectivity index (χ1v) is 7.89. The Morgan fingerprint density at radius 3 is 3.10 bits per heavy atom. The molecule has 3 aliphatic carbocycles. The van der Waals surface area contributed by atoms with E-state index < -0.39 is 0 Å². The Bertz CT molecular complexity index is 543. The fourth-order valence-corrected chi connectivity index (χ4v) is 4.78. The Morgan fingerprint density at radius 1 is 1.35 bits per heavy atom. The Kier molecular flexibility index (Phi) is 2.84. The van der Waals surface area contributed by atoms with E-state index in [9.17, 15) is 4.79 Å². The Balaban J connectivity index is 1.68. The number of carbonyl (C=O) groups is 1. The molecule has 3 nitrogen and oxygen atoms in total. The summed E-state index contributed by atoms with van der Waals surface area (Å²) in [6.07, 6.45) is 12.5. The molecule has 1 heterocycles. The molecule has 1 saturated heterocycles. The molecule has 4 aliphatic rings. The van der Waals surface area contributed by atoms with Crippen LogP contribution in [0, 0.1) is 17.8 Å². The van der Waals surface area contributed by atoms with Crippen molar-refractivity contribution in [2.45, 2.75) is 38.1 Å². The van der Waals surface area contributed by atoms with Crippen LogP contribution in [0.3, 0.4) is 0 Å². The van der Waals surface area contributed by atoms with Gasteiger partial charge < -0.3 is 11.1 Å². The van der Waals surface area contributed by atoms with E-state index >= 15 is 0 Å². The molecule has 2 fully saturated rings. The summed E-state index contributed by atoms with van der Waals surface area (Å²) in [7, 11) is 0. The van der Waals surface area contributed by atoms with Gasteiger partial charge in [-0.1, -0.05) is 23.8 Å². The van der Waals surface area contributed by atoms with Gasteiger partial charge >= 0.3 is 0 Å². The van der Waals surface area contributed by atoms with Gasteiger partial charge in [-0.25, -0.2) is 0 Å². The molecular weight excluding hydrogens is 248 g/mol. The predicted octanol–water partition coefficient (Wildman–Crippen LogP) is 2.06. The second kappa shape index (κ2) is 4.59. The Morgan fingerprint density at radius 2 is 2.25 bits per heavy atom. The van der Waals surface area contributed by atoms with E-state index in [0.717, 1.165) is 35.9 Å². The molecule has 4 unspecified atom stereocenters. The molecular formula is C17H22N2O. The SMILES string of the molecule is NC(=O)C1=CCCC2=C1C=CC1CC3NCCC3CC21. The summed E-state index contributed by atoms with van der Waals surface area (Å²) < 4.78 is 0. The monoisotopic (exact) mass is 270 g/mol. The quantitative estimate of drug-likeness (QED) is 0.766. The van der Waals surface area contributed by atoms with Crippen molar-refractivity contribution in [3.8, 4) is 0 Å². The number of allylic oxidation sites excluding steroid dienone is 4. The van der Waals surface area contributed by atoms with Crippen molar-refractivity contribution in [2.24, 2.45) is 23.5 Å². The minimum absolute atomic E-state index is 0.267. The molecule has 0 aromatic heterocycles. The maximum absolute atomic E-state index is 11.6. The summed E-state index contributed by atoms with van der Waals surface area (Å²) in [6, 6.07) is 0.720. The maximum atomic E-state index is 11.6. The number of nitrogens with one attached hydrogen (secondary N) is 1. The molecule has 106 valence electrons. The number of hydrogen-bond acceptors (Lipinski definition) is 2. The molecule has 1 saturated carbocycles. The van der Waals surface area contributed by atoms with Crippen molar-refractivity contribution in [1.29, 1.82) is 0 Å². The zero-order valence-corrected chi connectivity index (χ0v) is 11.8. The van der Waals surface area contributed by atoms with Crippen LogP contribution in [-0.4, -0.2) is 18.5 Å². The number of carbonyl (C=O) groups excluding carboxylic acids is 1. The minimum Gasteiger partial charge on any atom is -0.366 e. The molecule has 20 heavy (non-hydrogen) atoms. The van der Waals surface area contributed by atoms with Crippen LogP contribution in [0.1, 0.15) is 32.1 Å². The van der Waals surface area contributed by atoms with E-state index in [1.165, 1.54) is 31.4 Å². The van der Waals surface area contributed by atoms with Crippen molar-refractivity contribution >= 4 is 5.91 Å². The highest BCUT2D eigenvalue weighted by molar-refractivity contribution is 5.98. The number of fused-ring (bicyclic) bond motifs is 3. The summed E-state index contributed by atoms with van der Waals surface area (Å²) in [5.41, 5.74) is 8.96. The molecule has 0 aromatic rings. The standard InChI is InChI=1S/C17H22N2O/c18-17(20)14-3-1-2-12-13(14)5-4-10-9-16-11(6-7-19-16)8-15(10)12/h3-5,10-11,15-16,19H,1-2,6-9H2,(H2,18,20). The third kappa shape index (κ3) is 1.80. The second-order valence-corrected chi connectivity index (χ2v) is 6.67. The molecule has 0 bridgehead atoms. The average molecular weight is 270 g/mol. The topological polar surface area (TPSA) is 55.1 Å². The zero-order valence-electron chi connectivity index (χ0n) is 11.8. The zero-order chi connectivity index (χ0) is 13.7. The smallest absolute Gasteiger partial charge is 0.248 e. The van der Waals surface area contributed by atoms with Crippen LogP contribution >= 0.6 is 0 Å². The first-order chi connectivity index (χ1) is 9.74. The normalized spacial score (nSPS) is 38.9. The summed E-state index contributed by atoms with van der Waals surface area (Å²) in [6.45, 7) is 1.18. The number of hydrogen-bond donors (Lipinski definition) is 2. The molecule has 0 radical (unpaired) electrons. The number of amides is 1. The highest BCUT2D eigenvalue weighted by atomic mass is 16.1. The molecule has 3 heteroatoms. The van der Waals surface area contributed by atoms with Crippen LogP contribution in [0.2, 0.25) is 0 Å². The van der Waals surface area contributed by atoms with Gasteiger partial charge in [-0.15, -0.1) is 0 Å². The van der Waals surface area contributed by atoms with Gasteiger partial charge in [-0.05, 0) is 62.0 Å². The summed E-state index contributed by atoms with van der Waals surface area (Å²) in [5.74, 6) is 1.88. The van der Waals surface area contributed by atoms with Crippen LogP contribution in [-0.2, 0) is 4.79 Å². The first kappa shape index (κ1) is 12.4. The number of rotatable bonds is 1. The summed E-state index contributed by atoms with van der Waals surface area (Å²) >= 11 is 0. The molecule has 0 aromatic carbocycles. The van der Waals surface area contributed by atoms with Crippen molar-refractivity contribution < 1.29 is 4.79 Å². The lowest BCUT2D eigenvalue weighted by Crippen LogP contribution is -2.39. The number of nitrogens with two attached hydrogens (primary N) is 1. The highest BCUT2D eigenvalue weighted by Gasteiger charge is 2.42. The second-order valence-electron chi connectivity index (χ2n) is 6.67. The van der Waals surface area contributed by atoms with E-state index in [4.69, 9.17) is 5.73 Å². The van der Waals surface area contributed by atoms with Gasteiger partial charge in [0.15, 0.2) is 0 Å². The summed E-state index contributed by atoms with van der Waals surface area (Å²) in [5, 5.41) is 3.66. The van der Waals surface area contributed by atoms with Crippen molar-refractivity contribution in [3.05, 3.63) is 34.9 Å². The molecule has 1 aliphatic heterocycles. The van der Waals surface area contributed by atoms with Gasteiger partial charge in [0, 0.05) is 11.6 Å². The largest absolute Gasteiger partial charge is 0.366 e. The third-order valence-corrected chi connectivity index (χ3v) is 5.71. The molecule has 0 spiro atoms. The van der Waals surface area contributed by atoms with E-state index in [-0.39, 0.29) is 5.91 Å². The van der Waals surface area contributed by atoms with Crippen LogP contribution in [0.25, 0.3) is 0 Å². The molecule has 4 rings (SSSR count). The average Bonchev–Trinajstić information content (AvgIpc) is 2.91. The third-order valence-electron chi connectivity index (χ3n) is 5.71. The van der Waals surface area contributed by atoms with E-state index in [1.807, 2.05) is 6.08 Å². The molecule has 1 amide bonds.